The van der Waals surface area contributed by atoms with Crippen LogP contribution in [0.3, 0.4) is 0 Å². The van der Waals surface area contributed by atoms with Crippen LogP contribution in [0.4, 0.5) is 0 Å². The zero-order valence-corrected chi connectivity index (χ0v) is 17.5. The molecule has 1 saturated heterocycles. The van der Waals surface area contributed by atoms with Crippen molar-refractivity contribution in [1.82, 2.24) is 5.32 Å². The Morgan fingerprint density at radius 2 is 1.97 bits per heavy atom. The van der Waals surface area contributed by atoms with Gasteiger partial charge in [-0.3, -0.25) is 0 Å². The van der Waals surface area contributed by atoms with E-state index in [2.05, 4.69) is 11.9 Å². The van der Waals surface area contributed by atoms with Crippen molar-refractivity contribution in [1.29, 1.82) is 0 Å². The molecule has 6 atom stereocenters. The van der Waals surface area contributed by atoms with Crippen LogP contribution in [0.25, 0.3) is 0 Å². The number of hydrogen-bond acceptors (Lipinski definition) is 9. The van der Waals surface area contributed by atoms with Gasteiger partial charge < -0.3 is 45.1 Å². The molecule has 1 fully saturated rings. The maximum absolute atomic E-state index is 11.3. The largest absolute Gasteiger partial charge is 0.508 e. The van der Waals surface area contributed by atoms with Gasteiger partial charge in [-0.25, -0.2) is 4.79 Å². The van der Waals surface area contributed by atoms with Crippen LogP contribution in [0, 0.1) is 0 Å². The van der Waals surface area contributed by atoms with E-state index in [1.54, 1.807) is 18.2 Å². The van der Waals surface area contributed by atoms with Gasteiger partial charge in [-0.05, 0) is 24.6 Å². The van der Waals surface area contributed by atoms with Gasteiger partial charge in [0.05, 0.1) is 0 Å². The average Bonchev–Trinajstić information content (AvgIpc) is 2.71. The summed E-state index contributed by atoms with van der Waals surface area (Å²) in [4.78, 5) is 11.3. The summed E-state index contributed by atoms with van der Waals surface area (Å²) in [7, 11) is 0. The van der Waals surface area contributed by atoms with E-state index in [-0.39, 0.29) is 24.9 Å². The van der Waals surface area contributed by atoms with Gasteiger partial charge in [-0.1, -0.05) is 19.9 Å². The molecule has 10 nitrogen and oxygen atoms in total. The Labute approximate surface area is 180 Å². The highest BCUT2D eigenvalue weighted by Crippen LogP contribution is 2.26. The number of aliphatic carboxylic acids is 1. The zero-order chi connectivity index (χ0) is 23.1. The van der Waals surface area contributed by atoms with Crippen LogP contribution >= 0.6 is 0 Å². The summed E-state index contributed by atoms with van der Waals surface area (Å²) in [6.07, 6.45) is -7.02. The summed E-state index contributed by atoms with van der Waals surface area (Å²) in [6.45, 7) is 7.80. The number of carbonyl (C=O) groups is 1. The molecule has 1 aliphatic heterocycles. The van der Waals surface area contributed by atoms with E-state index in [4.69, 9.17) is 14.2 Å². The number of carboxylic acids is 1. The monoisotopic (exact) mass is 441 g/mol. The topological polar surface area (TPSA) is 158 Å². The van der Waals surface area contributed by atoms with Crippen LogP contribution in [0.15, 0.2) is 30.9 Å². The molecule has 0 bridgehead atoms. The number of aromatic hydroxyl groups is 1. The minimum absolute atomic E-state index is 0.00238. The second-order valence-corrected chi connectivity index (χ2v) is 7.65. The van der Waals surface area contributed by atoms with Crippen molar-refractivity contribution in [3.63, 3.8) is 0 Å². The predicted octanol–water partition coefficient (Wildman–Crippen LogP) is -0.225. The number of carboxylic acid groups (broad SMARTS) is 1. The van der Waals surface area contributed by atoms with Gasteiger partial charge in [-0.15, -0.1) is 6.58 Å². The molecular formula is C21H31NO9. The second kappa shape index (κ2) is 11.4. The molecular weight excluding hydrogens is 410 g/mol. The fraction of sp³-hybridized carbons (Fsp3) is 0.571. The van der Waals surface area contributed by atoms with Gasteiger partial charge in [0.2, 0.25) is 0 Å². The van der Waals surface area contributed by atoms with Crippen molar-refractivity contribution in [3.05, 3.63) is 36.4 Å². The summed E-state index contributed by atoms with van der Waals surface area (Å²) < 4.78 is 16.8. The molecule has 2 rings (SSSR count). The third kappa shape index (κ3) is 6.89. The van der Waals surface area contributed by atoms with E-state index >= 15 is 0 Å². The Morgan fingerprint density at radius 3 is 2.58 bits per heavy atom. The van der Waals surface area contributed by atoms with Crippen molar-refractivity contribution >= 4 is 5.97 Å². The molecule has 31 heavy (non-hydrogen) atoms. The van der Waals surface area contributed by atoms with Crippen molar-refractivity contribution in [3.8, 4) is 11.5 Å². The molecule has 6 unspecified atom stereocenters. The van der Waals surface area contributed by atoms with Gasteiger partial charge >= 0.3 is 5.97 Å². The predicted molar refractivity (Wildman–Crippen MR) is 110 cm³/mol. The van der Waals surface area contributed by atoms with Gasteiger partial charge in [0.15, 0.2) is 12.4 Å². The Kier molecular flexibility index (Phi) is 9.23. The summed E-state index contributed by atoms with van der Waals surface area (Å²) in [5.74, 6) is -0.900. The molecule has 1 aliphatic rings. The highest BCUT2D eigenvalue weighted by atomic mass is 16.7. The van der Waals surface area contributed by atoms with E-state index in [1.165, 1.54) is 6.07 Å². The molecule has 10 heteroatoms. The fourth-order valence-electron chi connectivity index (χ4n) is 3.07. The average molecular weight is 441 g/mol. The lowest BCUT2D eigenvalue weighted by molar-refractivity contribution is -0.305. The van der Waals surface area contributed by atoms with Gasteiger partial charge in [0, 0.05) is 18.2 Å². The molecule has 0 aromatic heterocycles. The van der Waals surface area contributed by atoms with E-state index < -0.39 is 42.8 Å². The summed E-state index contributed by atoms with van der Waals surface area (Å²) in [6, 6.07) is 4.75. The second-order valence-electron chi connectivity index (χ2n) is 7.65. The first-order valence-corrected chi connectivity index (χ1v) is 10.0. The molecule has 1 aromatic rings. The van der Waals surface area contributed by atoms with Crippen molar-refractivity contribution in [2.24, 2.45) is 0 Å². The van der Waals surface area contributed by atoms with E-state index in [0.29, 0.717) is 17.7 Å². The maximum Gasteiger partial charge on any atom is 0.335 e. The molecule has 0 radical (unpaired) electrons. The minimum atomic E-state index is -1.80. The summed E-state index contributed by atoms with van der Waals surface area (Å²) in [5, 5.41) is 52.1. The van der Waals surface area contributed by atoms with E-state index in [1.807, 2.05) is 13.8 Å². The van der Waals surface area contributed by atoms with Crippen LogP contribution in [-0.2, 0) is 20.7 Å². The van der Waals surface area contributed by atoms with Crippen LogP contribution in [-0.4, -0.2) is 87.5 Å². The first-order valence-electron chi connectivity index (χ1n) is 10.0. The number of hydrogen-bond donors (Lipinski definition) is 6. The molecule has 1 aromatic carbocycles. The first-order chi connectivity index (χ1) is 14.6. The number of aliphatic hydroxyl groups excluding tert-OH is 3. The first kappa shape index (κ1) is 25.1. The van der Waals surface area contributed by atoms with Gasteiger partial charge in [0.1, 0.15) is 42.5 Å². The lowest BCUT2D eigenvalue weighted by Gasteiger charge is -2.39. The molecule has 0 amide bonds. The molecule has 0 aliphatic carbocycles. The summed E-state index contributed by atoms with van der Waals surface area (Å²) >= 11 is 0. The molecule has 6 N–H and O–H groups in total. The molecule has 0 spiro atoms. The Morgan fingerprint density at radius 1 is 1.26 bits per heavy atom. The van der Waals surface area contributed by atoms with E-state index in [0.717, 1.165) is 0 Å². The summed E-state index contributed by atoms with van der Waals surface area (Å²) in [5.41, 5.74) is 0.712. The van der Waals surface area contributed by atoms with Crippen molar-refractivity contribution < 1.29 is 44.5 Å². The number of ether oxygens (including phenoxy) is 3. The molecule has 0 saturated carbocycles. The fourth-order valence-corrected chi connectivity index (χ4v) is 3.07. The Hall–Kier alpha value is -2.21. The van der Waals surface area contributed by atoms with Crippen molar-refractivity contribution in [2.75, 3.05) is 13.2 Å². The van der Waals surface area contributed by atoms with E-state index in [9.17, 15) is 30.3 Å². The number of phenolic OH excluding ortho intramolecular Hbond substituents is 1. The SMILES string of the molecule is C=CCc1cc(O)ccc1OCC(CNC(C)C)OC1OC(C(=O)O)C(O)C(O)C1O. The van der Waals surface area contributed by atoms with Crippen LogP contribution in [0.2, 0.25) is 0 Å². The van der Waals surface area contributed by atoms with Crippen molar-refractivity contribution in [2.45, 2.75) is 63.1 Å². The minimum Gasteiger partial charge on any atom is -0.508 e. The normalized spacial score (nSPS) is 27.1. The lowest BCUT2D eigenvalue weighted by atomic mass is 9.99. The number of phenols is 1. The quantitative estimate of drug-likeness (QED) is 0.254. The number of nitrogens with one attached hydrogen (secondary N) is 1. The van der Waals surface area contributed by atoms with Crippen LogP contribution < -0.4 is 10.1 Å². The number of aliphatic hydroxyl groups is 3. The zero-order valence-electron chi connectivity index (χ0n) is 17.5. The standard InChI is InChI=1S/C21H31NO9/c1-4-5-12-8-13(23)6-7-15(12)29-10-14(9-22-11(2)3)30-21-18(26)16(24)17(25)19(31-21)20(27)28/h4,6-8,11,14,16-19,21-26H,1,5,9-10H2,2-3H3,(H,27,28). The maximum atomic E-state index is 11.3. The third-order valence-electron chi connectivity index (χ3n) is 4.73. The van der Waals surface area contributed by atoms with Gasteiger partial charge in [-0.2, -0.15) is 0 Å². The Balaban J connectivity index is 2.13. The highest BCUT2D eigenvalue weighted by molar-refractivity contribution is 5.73. The smallest absolute Gasteiger partial charge is 0.335 e. The third-order valence-corrected chi connectivity index (χ3v) is 4.73. The Bertz CT molecular complexity index is 742. The van der Waals surface area contributed by atoms with Gasteiger partial charge in [0.25, 0.3) is 0 Å². The molecule has 1 heterocycles. The van der Waals surface area contributed by atoms with Crippen LogP contribution in [0.5, 0.6) is 11.5 Å². The number of rotatable bonds is 11. The van der Waals surface area contributed by atoms with Crippen LogP contribution in [0.1, 0.15) is 19.4 Å². The lowest BCUT2D eigenvalue weighted by Crippen LogP contribution is -2.61. The highest BCUT2D eigenvalue weighted by Gasteiger charge is 2.48. The number of benzene rings is 1. The molecule has 174 valence electrons. The number of allylic oxidation sites excluding steroid dienone is 1.